The summed E-state index contributed by atoms with van der Waals surface area (Å²) >= 11 is 0. The molecule has 198 valence electrons. The molecule has 2 heterocycles. The molecule has 3 atom stereocenters. The standard InChI is InChI=1S/C27H35N5O5/c1-27(2,3)37-26(36)31-12-10-30(11-13-31)25(35)23-20-6-4-5-7-21(20)24(34)32(29-23)28-22(33)16-19-15-17-8-9-18(19)14-17/h4-7,17-19H,8-16H2,1-3H3,(H,28,33). The van der Waals surface area contributed by atoms with Gasteiger partial charge >= 0.3 is 6.09 Å². The van der Waals surface area contributed by atoms with Crippen molar-refractivity contribution in [1.82, 2.24) is 19.7 Å². The highest BCUT2D eigenvalue weighted by Gasteiger charge is 2.40. The molecule has 3 amide bonds. The van der Waals surface area contributed by atoms with Crippen LogP contribution in [0.25, 0.3) is 10.8 Å². The number of benzene rings is 1. The summed E-state index contributed by atoms with van der Waals surface area (Å²) in [6.45, 7) is 6.72. The molecule has 1 N–H and O–H groups in total. The molecule has 1 aromatic heterocycles. The Bertz CT molecular complexity index is 1270. The first-order valence-electron chi connectivity index (χ1n) is 13.2. The van der Waals surface area contributed by atoms with Crippen molar-refractivity contribution in [3.05, 3.63) is 40.3 Å². The van der Waals surface area contributed by atoms with E-state index in [1.54, 1.807) is 34.1 Å². The maximum Gasteiger partial charge on any atom is 0.410 e. The van der Waals surface area contributed by atoms with Crippen molar-refractivity contribution in [2.75, 3.05) is 31.6 Å². The molecule has 1 aliphatic heterocycles. The van der Waals surface area contributed by atoms with Gasteiger partial charge in [-0.2, -0.15) is 0 Å². The number of ether oxygens (including phenoxy) is 1. The van der Waals surface area contributed by atoms with E-state index in [2.05, 4.69) is 10.5 Å². The van der Waals surface area contributed by atoms with Crippen LogP contribution in [-0.4, -0.2) is 69.4 Å². The number of aromatic nitrogens is 2. The van der Waals surface area contributed by atoms with E-state index in [0.29, 0.717) is 55.2 Å². The normalized spacial score (nSPS) is 23.4. The average molecular weight is 510 g/mol. The quantitative estimate of drug-likeness (QED) is 0.678. The van der Waals surface area contributed by atoms with Gasteiger partial charge in [0.2, 0.25) is 5.91 Å². The summed E-state index contributed by atoms with van der Waals surface area (Å²) in [7, 11) is 0. The number of rotatable bonds is 4. The molecule has 2 aromatic rings. The number of nitrogens with one attached hydrogen (secondary N) is 1. The number of hydrogen-bond donors (Lipinski definition) is 1. The van der Waals surface area contributed by atoms with E-state index in [4.69, 9.17) is 4.74 Å². The predicted octanol–water partition coefficient (Wildman–Crippen LogP) is 2.99. The molecule has 2 bridgehead atoms. The SMILES string of the molecule is CC(C)(C)OC(=O)N1CCN(C(=O)c2nn(NC(=O)CC3CC4CCC3C4)c(=O)c3ccccc23)CC1. The molecule has 1 saturated heterocycles. The maximum atomic E-state index is 13.5. The first-order valence-corrected chi connectivity index (χ1v) is 13.2. The fraction of sp³-hybridized carbons (Fsp3) is 0.593. The van der Waals surface area contributed by atoms with Crippen LogP contribution in [0.4, 0.5) is 4.79 Å². The van der Waals surface area contributed by atoms with Crippen molar-refractivity contribution in [2.45, 2.75) is 58.5 Å². The Morgan fingerprint density at radius 3 is 2.30 bits per heavy atom. The minimum absolute atomic E-state index is 0.0983. The Morgan fingerprint density at radius 1 is 1.00 bits per heavy atom. The Morgan fingerprint density at radius 2 is 1.68 bits per heavy atom. The second kappa shape index (κ2) is 9.79. The van der Waals surface area contributed by atoms with Crippen molar-refractivity contribution in [1.29, 1.82) is 0 Å². The first-order chi connectivity index (χ1) is 17.6. The van der Waals surface area contributed by atoms with Crippen LogP contribution in [-0.2, 0) is 9.53 Å². The Balaban J connectivity index is 1.32. The molecule has 0 spiro atoms. The summed E-state index contributed by atoms with van der Waals surface area (Å²) in [6, 6.07) is 6.79. The van der Waals surface area contributed by atoms with Crippen LogP contribution in [0.1, 0.15) is 63.4 Å². The van der Waals surface area contributed by atoms with Gasteiger partial charge in [-0.1, -0.05) is 24.6 Å². The Kier molecular flexibility index (Phi) is 6.68. The fourth-order valence-electron chi connectivity index (χ4n) is 6.02. The van der Waals surface area contributed by atoms with Crippen molar-refractivity contribution >= 4 is 28.7 Å². The van der Waals surface area contributed by atoms with Gasteiger partial charge in [-0.05, 0) is 63.9 Å². The summed E-state index contributed by atoms with van der Waals surface area (Å²) < 4.78 is 5.44. The number of piperazine rings is 1. The molecular weight excluding hydrogens is 474 g/mol. The zero-order valence-corrected chi connectivity index (χ0v) is 21.7. The molecule has 3 fully saturated rings. The van der Waals surface area contributed by atoms with Crippen LogP contribution in [0.3, 0.4) is 0 Å². The van der Waals surface area contributed by atoms with Crippen LogP contribution in [0, 0.1) is 17.8 Å². The van der Waals surface area contributed by atoms with E-state index in [1.807, 2.05) is 20.8 Å². The average Bonchev–Trinajstić information content (AvgIpc) is 3.48. The summed E-state index contributed by atoms with van der Waals surface area (Å²) in [4.78, 5) is 56.0. The molecule has 10 heteroatoms. The van der Waals surface area contributed by atoms with Crippen LogP contribution in [0.2, 0.25) is 0 Å². The second-order valence-electron chi connectivity index (χ2n) is 11.5. The molecule has 2 saturated carbocycles. The van der Waals surface area contributed by atoms with Crippen molar-refractivity contribution in [3.63, 3.8) is 0 Å². The molecular formula is C27H35N5O5. The summed E-state index contributed by atoms with van der Waals surface area (Å²) in [5, 5.41) is 5.07. The van der Waals surface area contributed by atoms with Crippen LogP contribution >= 0.6 is 0 Å². The van der Waals surface area contributed by atoms with Crippen LogP contribution in [0.5, 0.6) is 0 Å². The lowest BCUT2D eigenvalue weighted by Gasteiger charge is -2.35. The topological polar surface area (TPSA) is 114 Å². The van der Waals surface area contributed by atoms with Gasteiger partial charge in [0.15, 0.2) is 5.69 Å². The van der Waals surface area contributed by atoms with Gasteiger partial charge in [0.1, 0.15) is 5.60 Å². The number of amides is 3. The summed E-state index contributed by atoms with van der Waals surface area (Å²) in [6.07, 6.45) is 4.65. The van der Waals surface area contributed by atoms with E-state index in [9.17, 15) is 19.2 Å². The smallest absolute Gasteiger partial charge is 0.410 e. The van der Waals surface area contributed by atoms with E-state index in [0.717, 1.165) is 17.1 Å². The third kappa shape index (κ3) is 5.33. The van der Waals surface area contributed by atoms with Gasteiger partial charge in [0.25, 0.3) is 11.5 Å². The van der Waals surface area contributed by atoms with Gasteiger partial charge < -0.3 is 14.5 Å². The Hall–Kier alpha value is -3.43. The molecule has 1 aromatic carbocycles. The molecule has 5 rings (SSSR count). The zero-order valence-electron chi connectivity index (χ0n) is 21.7. The van der Waals surface area contributed by atoms with Gasteiger partial charge in [0.05, 0.1) is 5.39 Å². The minimum atomic E-state index is -0.595. The van der Waals surface area contributed by atoms with Gasteiger partial charge in [-0.25, -0.2) is 10.2 Å². The minimum Gasteiger partial charge on any atom is -0.444 e. The number of hydrogen-bond acceptors (Lipinski definition) is 6. The van der Waals surface area contributed by atoms with Crippen LogP contribution < -0.4 is 11.0 Å². The molecule has 0 radical (unpaired) electrons. The van der Waals surface area contributed by atoms with Crippen molar-refractivity contribution in [2.24, 2.45) is 17.8 Å². The zero-order chi connectivity index (χ0) is 26.3. The number of carbonyl (C=O) groups is 3. The summed E-state index contributed by atoms with van der Waals surface area (Å²) in [5.74, 6) is 1.05. The highest BCUT2D eigenvalue weighted by Crippen LogP contribution is 2.49. The highest BCUT2D eigenvalue weighted by atomic mass is 16.6. The fourth-order valence-corrected chi connectivity index (χ4v) is 6.02. The Labute approximate surface area is 215 Å². The highest BCUT2D eigenvalue weighted by molar-refractivity contribution is 6.05. The molecule has 3 unspecified atom stereocenters. The van der Waals surface area contributed by atoms with Crippen LogP contribution in [0.15, 0.2) is 29.1 Å². The second-order valence-corrected chi connectivity index (χ2v) is 11.5. The van der Waals surface area contributed by atoms with Crippen molar-refractivity contribution in [3.8, 4) is 0 Å². The van der Waals surface area contributed by atoms with Crippen molar-refractivity contribution < 1.29 is 19.1 Å². The molecule has 37 heavy (non-hydrogen) atoms. The third-order valence-electron chi connectivity index (χ3n) is 7.79. The third-order valence-corrected chi connectivity index (χ3v) is 7.79. The first kappa shape index (κ1) is 25.2. The maximum absolute atomic E-state index is 13.5. The summed E-state index contributed by atoms with van der Waals surface area (Å²) in [5.41, 5.74) is 1.68. The van der Waals surface area contributed by atoms with E-state index >= 15 is 0 Å². The van der Waals surface area contributed by atoms with E-state index < -0.39 is 17.3 Å². The van der Waals surface area contributed by atoms with Gasteiger partial charge in [-0.15, -0.1) is 9.89 Å². The largest absolute Gasteiger partial charge is 0.444 e. The molecule has 3 aliphatic rings. The lowest BCUT2D eigenvalue weighted by molar-refractivity contribution is -0.118. The van der Waals surface area contributed by atoms with E-state index in [-0.39, 0.29) is 17.5 Å². The lowest BCUT2D eigenvalue weighted by atomic mass is 9.86. The monoisotopic (exact) mass is 509 g/mol. The van der Waals surface area contributed by atoms with E-state index in [1.165, 1.54) is 19.3 Å². The lowest BCUT2D eigenvalue weighted by Crippen LogP contribution is -2.52. The van der Waals surface area contributed by atoms with Gasteiger partial charge in [0, 0.05) is 38.0 Å². The van der Waals surface area contributed by atoms with Gasteiger partial charge in [-0.3, -0.25) is 14.4 Å². The molecule has 2 aliphatic carbocycles. The number of carbonyl (C=O) groups excluding carboxylic acids is 3. The number of fused-ring (bicyclic) bond motifs is 3. The predicted molar refractivity (Wildman–Crippen MR) is 138 cm³/mol. The molecule has 10 nitrogen and oxygen atoms in total. The number of nitrogens with zero attached hydrogens (tertiary/aromatic N) is 4.